The van der Waals surface area contributed by atoms with E-state index in [1.54, 1.807) is 0 Å². The van der Waals surface area contributed by atoms with Crippen LogP contribution in [0.5, 0.6) is 0 Å². The van der Waals surface area contributed by atoms with Gasteiger partial charge in [-0.3, -0.25) is 14.4 Å². The van der Waals surface area contributed by atoms with Crippen molar-refractivity contribution in [1.29, 1.82) is 0 Å². The molecule has 0 aliphatic heterocycles. The fraction of sp³-hybridized carbons (Fsp3) is 0.179. The highest BCUT2D eigenvalue weighted by molar-refractivity contribution is 6.02. The number of carbonyl (C=O) groups is 3. The van der Waals surface area contributed by atoms with Crippen molar-refractivity contribution in [3.63, 3.8) is 0 Å². The molecule has 0 amide bonds. The van der Waals surface area contributed by atoms with Crippen LogP contribution in [0, 0.1) is 0 Å². The number of carbonyl (C=O) groups excluding carboxylic acids is 3. The van der Waals surface area contributed by atoms with Crippen LogP contribution in [0.25, 0.3) is 21.5 Å². The van der Waals surface area contributed by atoms with Crippen molar-refractivity contribution in [3.05, 3.63) is 96.1 Å². The molecule has 0 heterocycles. The number of rotatable bonds is 9. The first-order chi connectivity index (χ1) is 15.1. The molecular formula is C28H24O3. The van der Waals surface area contributed by atoms with Crippen LogP contribution in [0.4, 0.5) is 0 Å². The van der Waals surface area contributed by atoms with E-state index in [0.29, 0.717) is 6.42 Å². The van der Waals surface area contributed by atoms with E-state index in [9.17, 15) is 14.4 Å². The lowest BCUT2D eigenvalue weighted by molar-refractivity contribution is -0.128. The van der Waals surface area contributed by atoms with Crippen LogP contribution in [-0.4, -0.2) is 17.3 Å². The summed E-state index contributed by atoms with van der Waals surface area (Å²) in [6.07, 6.45) is 0.703. The van der Waals surface area contributed by atoms with E-state index >= 15 is 0 Å². The van der Waals surface area contributed by atoms with Gasteiger partial charge in [0.15, 0.2) is 0 Å². The van der Waals surface area contributed by atoms with Crippen molar-refractivity contribution in [2.45, 2.75) is 32.1 Å². The van der Waals surface area contributed by atoms with E-state index in [-0.39, 0.29) is 43.0 Å². The number of hydrogen-bond acceptors (Lipinski definition) is 3. The van der Waals surface area contributed by atoms with Crippen LogP contribution < -0.4 is 0 Å². The zero-order chi connectivity index (χ0) is 21.6. The summed E-state index contributed by atoms with van der Waals surface area (Å²) in [6, 6.07) is 27.7. The largest absolute Gasteiger partial charge is 0.299 e. The summed E-state index contributed by atoms with van der Waals surface area (Å²) in [6.45, 7) is 0. The number of hydrogen-bond donors (Lipinski definition) is 0. The number of benzene rings is 4. The van der Waals surface area contributed by atoms with E-state index in [0.717, 1.165) is 32.7 Å². The van der Waals surface area contributed by atoms with E-state index in [2.05, 4.69) is 0 Å². The number of fused-ring (bicyclic) bond motifs is 2. The minimum atomic E-state index is -0.170. The summed E-state index contributed by atoms with van der Waals surface area (Å²) in [4.78, 5) is 37.2. The quantitative estimate of drug-likeness (QED) is 0.336. The van der Waals surface area contributed by atoms with Gasteiger partial charge in [-0.1, -0.05) is 84.9 Å². The zero-order valence-electron chi connectivity index (χ0n) is 17.3. The first kappa shape index (κ1) is 20.7. The van der Waals surface area contributed by atoms with Crippen LogP contribution in [0.2, 0.25) is 0 Å². The molecule has 0 atom stereocenters. The van der Waals surface area contributed by atoms with Crippen LogP contribution in [0.15, 0.2) is 84.9 Å². The number of Topliss-reactive ketones (excluding diaryl/α,β-unsaturated/α-hetero) is 3. The fourth-order valence-electron chi connectivity index (χ4n) is 4.06. The second-order valence-electron chi connectivity index (χ2n) is 7.92. The third-order valence-electron chi connectivity index (χ3n) is 5.61. The minimum absolute atomic E-state index is 0.0196. The Kier molecular flexibility index (Phi) is 6.32. The molecule has 0 aromatic heterocycles. The molecule has 0 bridgehead atoms. The topological polar surface area (TPSA) is 51.2 Å². The Hall–Kier alpha value is -3.59. The molecule has 0 fully saturated rings. The van der Waals surface area contributed by atoms with Crippen LogP contribution in [0.1, 0.15) is 30.4 Å². The van der Waals surface area contributed by atoms with Crippen LogP contribution in [0.3, 0.4) is 0 Å². The van der Waals surface area contributed by atoms with Gasteiger partial charge in [0.05, 0.1) is 6.42 Å². The summed E-state index contributed by atoms with van der Waals surface area (Å²) in [5.74, 6) is -0.259. The highest BCUT2D eigenvalue weighted by Crippen LogP contribution is 2.21. The first-order valence-electron chi connectivity index (χ1n) is 10.6. The SMILES string of the molecule is O=C(CCC(=O)Cc1cccc2ccccc12)CC(=O)Cc1cccc2ccccc12. The molecule has 0 N–H and O–H groups in total. The maximum absolute atomic E-state index is 12.4. The maximum Gasteiger partial charge on any atom is 0.144 e. The summed E-state index contributed by atoms with van der Waals surface area (Å²) in [7, 11) is 0. The normalized spacial score (nSPS) is 11.0. The number of ketones is 3. The molecule has 154 valence electrons. The lowest BCUT2D eigenvalue weighted by Crippen LogP contribution is -2.13. The smallest absolute Gasteiger partial charge is 0.144 e. The second-order valence-corrected chi connectivity index (χ2v) is 7.92. The summed E-state index contributed by atoms with van der Waals surface area (Å²) < 4.78 is 0. The molecule has 0 unspecified atom stereocenters. The molecule has 4 aromatic carbocycles. The van der Waals surface area contributed by atoms with Gasteiger partial charge in [-0.2, -0.15) is 0 Å². The van der Waals surface area contributed by atoms with Crippen molar-refractivity contribution in [1.82, 2.24) is 0 Å². The molecule has 31 heavy (non-hydrogen) atoms. The Balaban J connectivity index is 1.30. The highest BCUT2D eigenvalue weighted by atomic mass is 16.1. The Labute approximate surface area is 181 Å². The molecule has 3 nitrogen and oxygen atoms in total. The third-order valence-corrected chi connectivity index (χ3v) is 5.61. The van der Waals surface area contributed by atoms with Crippen molar-refractivity contribution in [2.75, 3.05) is 0 Å². The van der Waals surface area contributed by atoms with Gasteiger partial charge in [0.25, 0.3) is 0 Å². The van der Waals surface area contributed by atoms with Crippen LogP contribution in [-0.2, 0) is 27.2 Å². The average molecular weight is 408 g/mol. The Bertz CT molecular complexity index is 1260. The molecule has 0 saturated carbocycles. The van der Waals surface area contributed by atoms with E-state index in [4.69, 9.17) is 0 Å². The van der Waals surface area contributed by atoms with Gasteiger partial charge in [-0.25, -0.2) is 0 Å². The monoisotopic (exact) mass is 408 g/mol. The van der Waals surface area contributed by atoms with E-state index in [1.807, 2.05) is 84.9 Å². The van der Waals surface area contributed by atoms with Crippen molar-refractivity contribution < 1.29 is 14.4 Å². The Morgan fingerprint density at radius 2 is 0.935 bits per heavy atom. The van der Waals surface area contributed by atoms with Gasteiger partial charge in [0.1, 0.15) is 17.3 Å². The highest BCUT2D eigenvalue weighted by Gasteiger charge is 2.14. The van der Waals surface area contributed by atoms with Crippen LogP contribution >= 0.6 is 0 Å². The molecule has 0 radical (unpaired) electrons. The third kappa shape index (κ3) is 5.13. The van der Waals surface area contributed by atoms with Gasteiger partial charge in [-0.15, -0.1) is 0 Å². The summed E-state index contributed by atoms with van der Waals surface area (Å²) in [5.41, 5.74) is 1.91. The summed E-state index contributed by atoms with van der Waals surface area (Å²) >= 11 is 0. The van der Waals surface area contributed by atoms with Gasteiger partial charge in [0.2, 0.25) is 0 Å². The Morgan fingerprint density at radius 3 is 1.52 bits per heavy atom. The lowest BCUT2D eigenvalue weighted by Gasteiger charge is -2.07. The second kappa shape index (κ2) is 9.48. The van der Waals surface area contributed by atoms with Crippen molar-refractivity contribution >= 4 is 38.9 Å². The molecule has 3 heteroatoms. The van der Waals surface area contributed by atoms with Gasteiger partial charge < -0.3 is 0 Å². The molecular weight excluding hydrogens is 384 g/mol. The molecule has 0 aliphatic carbocycles. The zero-order valence-corrected chi connectivity index (χ0v) is 17.3. The first-order valence-corrected chi connectivity index (χ1v) is 10.6. The molecule has 0 aliphatic rings. The minimum Gasteiger partial charge on any atom is -0.299 e. The summed E-state index contributed by atoms with van der Waals surface area (Å²) in [5, 5.41) is 4.28. The molecule has 4 aromatic rings. The molecule has 0 saturated heterocycles. The predicted octanol–water partition coefficient (Wildman–Crippen LogP) is 5.66. The lowest BCUT2D eigenvalue weighted by atomic mass is 9.96. The predicted molar refractivity (Wildman–Crippen MR) is 124 cm³/mol. The average Bonchev–Trinajstić information content (AvgIpc) is 2.78. The fourth-order valence-corrected chi connectivity index (χ4v) is 4.06. The standard InChI is InChI=1S/C28H24O3/c29-24(17-22-11-5-9-20-7-1-3-13-27(20)22)15-16-25(30)19-26(31)18-23-12-6-10-21-8-2-4-14-28(21)23/h1-14H,15-19H2. The van der Waals surface area contributed by atoms with Crippen molar-refractivity contribution in [2.24, 2.45) is 0 Å². The van der Waals surface area contributed by atoms with E-state index in [1.165, 1.54) is 0 Å². The molecule has 4 rings (SSSR count). The van der Waals surface area contributed by atoms with Gasteiger partial charge in [-0.05, 0) is 32.7 Å². The van der Waals surface area contributed by atoms with Gasteiger partial charge >= 0.3 is 0 Å². The Morgan fingerprint density at radius 1 is 0.484 bits per heavy atom. The van der Waals surface area contributed by atoms with Crippen molar-refractivity contribution in [3.8, 4) is 0 Å². The van der Waals surface area contributed by atoms with E-state index < -0.39 is 0 Å². The maximum atomic E-state index is 12.4. The van der Waals surface area contributed by atoms with Gasteiger partial charge in [0, 0.05) is 25.7 Å². The molecule has 0 spiro atoms.